The number of rotatable bonds is 2. The molecule has 1 saturated carbocycles. The van der Waals surface area contributed by atoms with Crippen LogP contribution in [0.4, 0.5) is 0 Å². The third-order valence-corrected chi connectivity index (χ3v) is 3.53. The lowest BCUT2D eigenvalue weighted by molar-refractivity contribution is 0.418. The Kier molecular flexibility index (Phi) is 6.20. The number of nitrogens with zero attached hydrogens (tertiary/aromatic N) is 1. The van der Waals surface area contributed by atoms with Crippen LogP contribution in [0.25, 0.3) is 0 Å². The van der Waals surface area contributed by atoms with Gasteiger partial charge in [0.1, 0.15) is 5.76 Å². The normalized spacial score (nSPS) is 21.7. The Bertz CT molecular complexity index is 235. The number of hydrogen-bond donors (Lipinski definition) is 1. The molecule has 1 fully saturated rings. The largest absolute Gasteiger partial charge is 0.507 e. The van der Waals surface area contributed by atoms with Crippen molar-refractivity contribution in [2.75, 3.05) is 7.05 Å². The fourth-order valence-corrected chi connectivity index (χ4v) is 2.63. The maximum Gasteiger partial charge on any atom is 0.129 e. The maximum atomic E-state index is 9.53. The summed E-state index contributed by atoms with van der Waals surface area (Å²) in [5.74, 6) is 0.602. The molecule has 0 aliphatic heterocycles. The Morgan fingerprint density at radius 1 is 1.00 bits per heavy atom. The SMILES string of the molecule is C=C(O)/C(=N\C)C1CCCCCCCCC1. The smallest absolute Gasteiger partial charge is 0.129 e. The van der Waals surface area contributed by atoms with Crippen LogP contribution in [0.15, 0.2) is 17.3 Å². The number of aliphatic hydroxyl groups excluding tert-OH is 1. The molecule has 1 aliphatic carbocycles. The number of aliphatic imine (C=N–C) groups is 1. The molecule has 2 heteroatoms. The highest BCUT2D eigenvalue weighted by Gasteiger charge is 2.17. The van der Waals surface area contributed by atoms with Crippen LogP contribution in [0, 0.1) is 5.92 Å². The van der Waals surface area contributed by atoms with Crippen LogP contribution in [-0.2, 0) is 0 Å². The molecule has 92 valence electrons. The number of aliphatic hydroxyl groups is 1. The highest BCUT2D eigenvalue weighted by molar-refractivity contribution is 5.99. The first-order valence-electron chi connectivity index (χ1n) is 6.60. The maximum absolute atomic E-state index is 9.53. The fourth-order valence-electron chi connectivity index (χ4n) is 2.63. The second-order valence-electron chi connectivity index (χ2n) is 4.80. The summed E-state index contributed by atoms with van der Waals surface area (Å²) in [6.45, 7) is 3.62. The third-order valence-electron chi connectivity index (χ3n) is 3.53. The molecule has 0 amide bonds. The minimum absolute atomic E-state index is 0.171. The van der Waals surface area contributed by atoms with Gasteiger partial charge in [0.2, 0.25) is 0 Å². The summed E-state index contributed by atoms with van der Waals surface area (Å²) in [6, 6.07) is 0. The molecular formula is C14H25NO. The van der Waals surface area contributed by atoms with E-state index in [-0.39, 0.29) is 5.76 Å². The molecule has 1 aliphatic rings. The molecule has 0 radical (unpaired) electrons. The van der Waals surface area contributed by atoms with Crippen molar-refractivity contribution in [3.8, 4) is 0 Å². The van der Waals surface area contributed by atoms with Gasteiger partial charge in [-0.2, -0.15) is 0 Å². The van der Waals surface area contributed by atoms with Crippen molar-refractivity contribution in [2.24, 2.45) is 10.9 Å². The Morgan fingerprint density at radius 3 is 1.81 bits per heavy atom. The molecule has 0 heterocycles. The minimum Gasteiger partial charge on any atom is -0.507 e. The average Bonchev–Trinajstić information content (AvgIpc) is 2.27. The van der Waals surface area contributed by atoms with Crippen molar-refractivity contribution in [1.82, 2.24) is 0 Å². The van der Waals surface area contributed by atoms with E-state index in [0.717, 1.165) is 18.6 Å². The van der Waals surface area contributed by atoms with E-state index < -0.39 is 0 Å². The minimum atomic E-state index is 0.171. The molecule has 16 heavy (non-hydrogen) atoms. The van der Waals surface area contributed by atoms with Crippen molar-refractivity contribution < 1.29 is 5.11 Å². The van der Waals surface area contributed by atoms with Crippen LogP contribution in [0.2, 0.25) is 0 Å². The van der Waals surface area contributed by atoms with Gasteiger partial charge in [0.15, 0.2) is 0 Å². The Hall–Kier alpha value is -0.790. The Morgan fingerprint density at radius 2 is 1.44 bits per heavy atom. The summed E-state index contributed by atoms with van der Waals surface area (Å²) in [6.07, 6.45) is 11.6. The Balaban J connectivity index is 2.56. The molecule has 1 rings (SSSR count). The van der Waals surface area contributed by atoms with Crippen LogP contribution in [0.5, 0.6) is 0 Å². The summed E-state index contributed by atoms with van der Waals surface area (Å²) < 4.78 is 0. The third kappa shape index (κ3) is 4.38. The van der Waals surface area contributed by atoms with E-state index in [9.17, 15) is 5.11 Å². The molecule has 0 aromatic heterocycles. The fraction of sp³-hybridized carbons (Fsp3) is 0.786. The van der Waals surface area contributed by atoms with Crippen molar-refractivity contribution in [1.29, 1.82) is 0 Å². The lowest BCUT2D eigenvalue weighted by Crippen LogP contribution is -2.17. The second-order valence-corrected chi connectivity index (χ2v) is 4.80. The molecule has 0 atom stereocenters. The van der Waals surface area contributed by atoms with Crippen molar-refractivity contribution >= 4 is 5.71 Å². The molecular weight excluding hydrogens is 198 g/mol. The van der Waals surface area contributed by atoms with Crippen LogP contribution in [0.3, 0.4) is 0 Å². The summed E-state index contributed by atoms with van der Waals surface area (Å²) in [4.78, 5) is 4.20. The van der Waals surface area contributed by atoms with Crippen molar-refractivity contribution in [3.63, 3.8) is 0 Å². The predicted octanol–water partition coefficient (Wildman–Crippen LogP) is 4.27. The van der Waals surface area contributed by atoms with Gasteiger partial charge in [-0.1, -0.05) is 51.5 Å². The topological polar surface area (TPSA) is 32.6 Å². The van der Waals surface area contributed by atoms with E-state index >= 15 is 0 Å². The van der Waals surface area contributed by atoms with Crippen LogP contribution in [-0.4, -0.2) is 17.9 Å². The first-order valence-corrected chi connectivity index (χ1v) is 6.60. The van der Waals surface area contributed by atoms with Gasteiger partial charge < -0.3 is 5.11 Å². The van der Waals surface area contributed by atoms with Crippen molar-refractivity contribution in [3.05, 3.63) is 12.3 Å². The highest BCUT2D eigenvalue weighted by Crippen LogP contribution is 2.24. The summed E-state index contributed by atoms with van der Waals surface area (Å²) >= 11 is 0. The first kappa shape index (κ1) is 13.3. The van der Waals surface area contributed by atoms with E-state index in [1.54, 1.807) is 7.05 Å². The second kappa shape index (κ2) is 7.48. The van der Waals surface area contributed by atoms with Crippen molar-refractivity contribution in [2.45, 2.75) is 57.8 Å². The van der Waals surface area contributed by atoms with Crippen LogP contribution in [0.1, 0.15) is 57.8 Å². The average molecular weight is 223 g/mol. The van der Waals surface area contributed by atoms with Gasteiger partial charge in [-0.25, -0.2) is 0 Å². The van der Waals surface area contributed by atoms with Crippen LogP contribution >= 0.6 is 0 Å². The van der Waals surface area contributed by atoms with E-state index in [4.69, 9.17) is 0 Å². The van der Waals surface area contributed by atoms with Gasteiger partial charge in [-0.05, 0) is 12.8 Å². The molecule has 0 spiro atoms. The summed E-state index contributed by atoms with van der Waals surface area (Å²) in [7, 11) is 1.76. The van der Waals surface area contributed by atoms with Gasteiger partial charge in [0.25, 0.3) is 0 Å². The zero-order valence-corrected chi connectivity index (χ0v) is 10.5. The number of allylic oxidation sites excluding steroid dienone is 1. The molecule has 0 aromatic carbocycles. The molecule has 0 aromatic rings. The molecule has 0 unspecified atom stereocenters. The lowest BCUT2D eigenvalue weighted by atomic mass is 9.88. The van der Waals surface area contributed by atoms with Gasteiger partial charge in [0.05, 0.1) is 5.71 Å². The van der Waals surface area contributed by atoms with Gasteiger partial charge in [-0.3, -0.25) is 4.99 Å². The summed E-state index contributed by atoms with van der Waals surface area (Å²) in [5.41, 5.74) is 0.834. The first-order chi connectivity index (χ1) is 7.75. The standard InChI is InChI=1S/C14H25NO/c1-12(16)14(15-2)13-10-8-6-4-3-5-7-9-11-13/h13,16H,1,3-11H2,2H3/b15-14+. The van der Waals surface area contributed by atoms with E-state index in [1.807, 2.05) is 0 Å². The monoisotopic (exact) mass is 223 g/mol. The molecule has 2 nitrogen and oxygen atoms in total. The lowest BCUT2D eigenvalue weighted by Gasteiger charge is -2.19. The summed E-state index contributed by atoms with van der Waals surface area (Å²) in [5, 5.41) is 9.53. The van der Waals surface area contributed by atoms with E-state index in [0.29, 0.717) is 5.92 Å². The van der Waals surface area contributed by atoms with E-state index in [1.165, 1.54) is 44.9 Å². The quantitative estimate of drug-likeness (QED) is 0.550. The predicted molar refractivity (Wildman–Crippen MR) is 70.2 cm³/mol. The highest BCUT2D eigenvalue weighted by atomic mass is 16.3. The van der Waals surface area contributed by atoms with E-state index in [2.05, 4.69) is 11.6 Å². The zero-order chi connectivity index (χ0) is 11.8. The van der Waals surface area contributed by atoms with Gasteiger partial charge in [-0.15, -0.1) is 0 Å². The van der Waals surface area contributed by atoms with Crippen LogP contribution < -0.4 is 0 Å². The number of hydrogen-bond acceptors (Lipinski definition) is 2. The van der Waals surface area contributed by atoms with Gasteiger partial charge in [0, 0.05) is 13.0 Å². The molecule has 1 N–H and O–H groups in total. The van der Waals surface area contributed by atoms with Gasteiger partial charge >= 0.3 is 0 Å². The Labute approximate surface area is 99.5 Å². The molecule has 0 bridgehead atoms. The zero-order valence-electron chi connectivity index (χ0n) is 10.5. The molecule has 0 saturated heterocycles.